The van der Waals surface area contributed by atoms with E-state index in [2.05, 4.69) is 4.98 Å². The van der Waals surface area contributed by atoms with Gasteiger partial charge in [-0.2, -0.15) is 0 Å². The molecule has 9 nitrogen and oxygen atoms in total. The topological polar surface area (TPSA) is 119 Å². The van der Waals surface area contributed by atoms with E-state index in [-0.39, 0.29) is 5.56 Å². The first kappa shape index (κ1) is 17.7. The van der Waals surface area contributed by atoms with Crippen molar-refractivity contribution in [2.24, 2.45) is 0 Å². The van der Waals surface area contributed by atoms with Gasteiger partial charge in [0.15, 0.2) is 0 Å². The molecule has 0 saturated heterocycles. The molecule has 27 heavy (non-hydrogen) atoms. The Kier molecular flexibility index (Phi) is 4.84. The van der Waals surface area contributed by atoms with Gasteiger partial charge >= 0.3 is 11.4 Å². The summed E-state index contributed by atoms with van der Waals surface area (Å²) in [6.07, 6.45) is 3.02. The number of carbonyl (C=O) groups is 1. The summed E-state index contributed by atoms with van der Waals surface area (Å²) in [7, 11) is 0. The number of nitro benzene ring substituents is 2. The van der Waals surface area contributed by atoms with E-state index in [1.54, 1.807) is 42.5 Å². The van der Waals surface area contributed by atoms with Crippen LogP contribution in [0.4, 0.5) is 22.7 Å². The number of pyridine rings is 1. The highest BCUT2D eigenvalue weighted by molar-refractivity contribution is 6.11. The lowest BCUT2D eigenvalue weighted by atomic mass is 10.1. The molecule has 0 fully saturated rings. The second-order valence-electron chi connectivity index (χ2n) is 5.40. The number of para-hydroxylation sites is 1. The Bertz CT molecular complexity index is 969. The molecule has 0 spiro atoms. The predicted octanol–water partition coefficient (Wildman–Crippen LogP) is 3.88. The van der Waals surface area contributed by atoms with Crippen LogP contribution in [0.5, 0.6) is 0 Å². The maximum absolute atomic E-state index is 13.1. The Morgan fingerprint density at radius 2 is 1.41 bits per heavy atom. The molecule has 1 amide bonds. The maximum atomic E-state index is 13.1. The van der Waals surface area contributed by atoms with E-state index in [1.165, 1.54) is 23.4 Å². The quantitative estimate of drug-likeness (QED) is 0.500. The molecule has 9 heteroatoms. The average molecular weight is 364 g/mol. The SMILES string of the molecule is O=C(c1ccc([N+](=O)[O-])c([N+](=O)[O-])c1)N(c1ccccc1)c1ccncc1. The zero-order valence-electron chi connectivity index (χ0n) is 13.8. The molecule has 2 aromatic carbocycles. The number of hydrogen-bond acceptors (Lipinski definition) is 6. The summed E-state index contributed by atoms with van der Waals surface area (Å²) in [6.45, 7) is 0. The molecule has 134 valence electrons. The molecular formula is C18H12N4O5. The number of aromatic nitrogens is 1. The average Bonchev–Trinajstić information content (AvgIpc) is 2.69. The zero-order chi connectivity index (χ0) is 19.4. The van der Waals surface area contributed by atoms with Crippen LogP contribution in [0.2, 0.25) is 0 Å². The van der Waals surface area contributed by atoms with Crippen molar-refractivity contribution in [2.75, 3.05) is 4.90 Å². The van der Waals surface area contributed by atoms with Crippen LogP contribution in [0.1, 0.15) is 10.4 Å². The second-order valence-corrected chi connectivity index (χ2v) is 5.40. The third kappa shape index (κ3) is 3.61. The largest absolute Gasteiger partial charge is 0.346 e. The van der Waals surface area contributed by atoms with Crippen molar-refractivity contribution < 1.29 is 14.6 Å². The van der Waals surface area contributed by atoms with E-state index in [0.717, 1.165) is 12.1 Å². The molecule has 3 aromatic rings. The van der Waals surface area contributed by atoms with Gasteiger partial charge in [0.05, 0.1) is 15.5 Å². The van der Waals surface area contributed by atoms with Crippen LogP contribution in [0, 0.1) is 20.2 Å². The maximum Gasteiger partial charge on any atom is 0.346 e. The first-order valence-corrected chi connectivity index (χ1v) is 7.71. The van der Waals surface area contributed by atoms with Crippen LogP contribution in [0.25, 0.3) is 0 Å². The van der Waals surface area contributed by atoms with Gasteiger partial charge in [-0.05, 0) is 30.3 Å². The molecule has 3 rings (SSSR count). The molecule has 0 aliphatic rings. The normalized spacial score (nSPS) is 10.2. The Morgan fingerprint density at radius 1 is 0.815 bits per heavy atom. The van der Waals surface area contributed by atoms with Crippen LogP contribution < -0.4 is 4.90 Å². The second kappa shape index (κ2) is 7.40. The molecule has 1 aromatic heterocycles. The summed E-state index contributed by atoms with van der Waals surface area (Å²) in [6, 6.07) is 15.0. The van der Waals surface area contributed by atoms with Crippen molar-refractivity contribution in [2.45, 2.75) is 0 Å². The molecule has 0 atom stereocenters. The molecule has 0 aliphatic carbocycles. The van der Waals surface area contributed by atoms with Crippen LogP contribution in [-0.4, -0.2) is 20.7 Å². The fourth-order valence-corrected chi connectivity index (χ4v) is 2.54. The van der Waals surface area contributed by atoms with Gasteiger partial charge in [-0.3, -0.25) is 34.9 Å². The van der Waals surface area contributed by atoms with Crippen molar-refractivity contribution in [1.82, 2.24) is 4.98 Å². The Morgan fingerprint density at radius 3 is 2.00 bits per heavy atom. The number of benzene rings is 2. The minimum Gasteiger partial charge on any atom is -0.277 e. The van der Waals surface area contributed by atoms with Crippen LogP contribution in [0.15, 0.2) is 73.1 Å². The molecule has 0 unspecified atom stereocenters. The number of rotatable bonds is 5. The van der Waals surface area contributed by atoms with E-state index in [0.29, 0.717) is 11.4 Å². The third-order valence-corrected chi connectivity index (χ3v) is 3.75. The Labute approximate surface area is 152 Å². The highest BCUT2D eigenvalue weighted by Crippen LogP contribution is 2.31. The van der Waals surface area contributed by atoms with E-state index < -0.39 is 27.1 Å². The molecule has 0 aliphatic heterocycles. The predicted molar refractivity (Wildman–Crippen MR) is 96.9 cm³/mol. The standard InChI is InChI=1S/C18H12N4O5/c23-18(13-6-7-16(21(24)25)17(12-13)22(26)27)20(14-4-2-1-3-5-14)15-8-10-19-11-9-15/h1-12H. The van der Waals surface area contributed by atoms with Crippen LogP contribution >= 0.6 is 0 Å². The van der Waals surface area contributed by atoms with Gasteiger partial charge in [0.2, 0.25) is 0 Å². The summed E-state index contributed by atoms with van der Waals surface area (Å²) in [4.78, 5) is 38.8. The lowest BCUT2D eigenvalue weighted by molar-refractivity contribution is -0.422. The summed E-state index contributed by atoms with van der Waals surface area (Å²) >= 11 is 0. The van der Waals surface area contributed by atoms with Crippen molar-refractivity contribution in [3.8, 4) is 0 Å². The first-order valence-electron chi connectivity index (χ1n) is 7.71. The van der Waals surface area contributed by atoms with E-state index in [4.69, 9.17) is 0 Å². The van der Waals surface area contributed by atoms with Gasteiger partial charge in [-0.25, -0.2) is 0 Å². The van der Waals surface area contributed by atoms with Crippen LogP contribution in [-0.2, 0) is 0 Å². The number of nitro groups is 2. The smallest absolute Gasteiger partial charge is 0.277 e. The van der Waals surface area contributed by atoms with E-state index >= 15 is 0 Å². The van der Waals surface area contributed by atoms with E-state index in [1.807, 2.05) is 0 Å². The monoisotopic (exact) mass is 364 g/mol. The molecule has 0 radical (unpaired) electrons. The van der Waals surface area contributed by atoms with Gasteiger partial charge in [-0.1, -0.05) is 18.2 Å². The minimum absolute atomic E-state index is 0.0482. The summed E-state index contributed by atoms with van der Waals surface area (Å²) in [5.41, 5.74) is -0.426. The van der Waals surface area contributed by atoms with E-state index in [9.17, 15) is 25.0 Å². The fraction of sp³-hybridized carbons (Fsp3) is 0. The minimum atomic E-state index is -0.881. The molecular weight excluding hydrogens is 352 g/mol. The van der Waals surface area contributed by atoms with Crippen molar-refractivity contribution in [3.63, 3.8) is 0 Å². The van der Waals surface area contributed by atoms with Crippen LogP contribution in [0.3, 0.4) is 0 Å². The fourth-order valence-electron chi connectivity index (χ4n) is 2.54. The van der Waals surface area contributed by atoms with Crippen molar-refractivity contribution in [3.05, 3.63) is 98.8 Å². The third-order valence-electron chi connectivity index (χ3n) is 3.75. The lowest BCUT2D eigenvalue weighted by Crippen LogP contribution is -2.26. The summed E-state index contributed by atoms with van der Waals surface area (Å²) < 4.78 is 0. The Hall–Kier alpha value is -4.14. The molecule has 0 N–H and O–H groups in total. The van der Waals surface area contributed by atoms with Gasteiger partial charge in [0.25, 0.3) is 5.91 Å². The number of carbonyl (C=O) groups excluding carboxylic acids is 1. The van der Waals surface area contributed by atoms with Crippen molar-refractivity contribution in [1.29, 1.82) is 0 Å². The Balaban J connectivity index is 2.11. The first-order chi connectivity index (χ1) is 13.0. The van der Waals surface area contributed by atoms with Gasteiger partial charge in [-0.15, -0.1) is 0 Å². The number of amides is 1. The molecule has 0 bridgehead atoms. The summed E-state index contributed by atoms with van der Waals surface area (Å²) in [5, 5.41) is 22.2. The number of hydrogen-bond donors (Lipinski definition) is 0. The van der Waals surface area contributed by atoms with Gasteiger partial charge < -0.3 is 0 Å². The van der Waals surface area contributed by atoms with Gasteiger partial charge in [0, 0.05) is 35.8 Å². The zero-order valence-corrected chi connectivity index (χ0v) is 13.8. The molecule has 1 heterocycles. The van der Waals surface area contributed by atoms with Crippen molar-refractivity contribution >= 4 is 28.7 Å². The highest BCUT2D eigenvalue weighted by Gasteiger charge is 2.28. The number of anilines is 2. The number of nitrogens with zero attached hydrogens (tertiary/aromatic N) is 4. The van der Waals surface area contributed by atoms with Gasteiger partial charge in [0.1, 0.15) is 0 Å². The summed E-state index contributed by atoms with van der Waals surface area (Å²) in [5.74, 6) is -0.564. The lowest BCUT2D eigenvalue weighted by Gasteiger charge is -2.22. The highest BCUT2D eigenvalue weighted by atomic mass is 16.6. The molecule has 0 saturated carbocycles.